The smallest absolute Gasteiger partial charge is 0.234 e. The van der Waals surface area contributed by atoms with Gasteiger partial charge in [0.15, 0.2) is 0 Å². The average Bonchev–Trinajstić information content (AvgIpc) is 3.30. The van der Waals surface area contributed by atoms with E-state index in [-0.39, 0.29) is 0 Å². The Kier molecular flexibility index (Phi) is 23.6. The van der Waals surface area contributed by atoms with Gasteiger partial charge in [0.25, 0.3) is 5.82 Å². The molecule has 0 radical (unpaired) electrons. The monoisotopic (exact) mass is 518 g/mol. The summed E-state index contributed by atoms with van der Waals surface area (Å²) in [5, 5.41) is 0. The molecule has 0 atom stereocenters. The molecular weight excluding hydrogens is 448 g/mol. The molecule has 1 aromatic rings. The number of nitrogens with zero attached hydrogens (tertiary/aromatic N) is 2. The highest BCUT2D eigenvalue weighted by atomic mass is 15.1. The van der Waals surface area contributed by atoms with E-state index in [1.165, 1.54) is 174 Å². The largest absolute Gasteiger partial charge is 0.258 e. The summed E-state index contributed by atoms with van der Waals surface area (Å²) in [6.07, 6.45) is 40.5. The van der Waals surface area contributed by atoms with E-state index in [1.54, 1.807) is 5.82 Å². The van der Waals surface area contributed by atoms with E-state index in [2.05, 4.69) is 49.2 Å². The normalized spacial score (nSPS) is 11.7. The highest BCUT2D eigenvalue weighted by Gasteiger charge is 2.20. The van der Waals surface area contributed by atoms with E-state index < -0.39 is 0 Å². The zero-order chi connectivity index (χ0) is 26.8. The van der Waals surface area contributed by atoms with Gasteiger partial charge in [-0.2, -0.15) is 0 Å². The first-order chi connectivity index (χ1) is 18.2. The lowest BCUT2D eigenvalue weighted by atomic mass is 10.0. The molecule has 0 bridgehead atoms. The van der Waals surface area contributed by atoms with Crippen molar-refractivity contribution in [3.05, 3.63) is 18.2 Å². The Morgan fingerprint density at radius 1 is 0.514 bits per heavy atom. The van der Waals surface area contributed by atoms with E-state index in [0.717, 1.165) is 0 Å². The Labute approximate surface area is 234 Å². The van der Waals surface area contributed by atoms with Crippen molar-refractivity contribution in [2.24, 2.45) is 0 Å². The van der Waals surface area contributed by atoms with Crippen LogP contribution in [0.25, 0.3) is 0 Å². The number of hydrogen-bond acceptors (Lipinski definition) is 0. The van der Waals surface area contributed by atoms with E-state index in [9.17, 15) is 0 Å². The lowest BCUT2D eigenvalue weighted by molar-refractivity contribution is -0.705. The lowest BCUT2D eigenvalue weighted by Crippen LogP contribution is -2.38. The second-order valence-electron chi connectivity index (χ2n) is 12.3. The van der Waals surface area contributed by atoms with E-state index in [0.29, 0.717) is 5.92 Å². The van der Waals surface area contributed by atoms with Crippen LogP contribution in [-0.2, 0) is 13.1 Å². The fourth-order valence-corrected chi connectivity index (χ4v) is 5.94. The van der Waals surface area contributed by atoms with Crippen LogP contribution < -0.4 is 4.57 Å². The molecule has 0 unspecified atom stereocenters. The molecule has 0 saturated heterocycles. The second-order valence-corrected chi connectivity index (χ2v) is 12.3. The van der Waals surface area contributed by atoms with Crippen LogP contribution in [0.15, 0.2) is 12.4 Å². The van der Waals surface area contributed by atoms with Crippen LogP contribution in [0.4, 0.5) is 0 Å². The predicted octanol–water partition coefficient (Wildman–Crippen LogP) is 11.7. The van der Waals surface area contributed by atoms with Gasteiger partial charge in [-0.15, -0.1) is 0 Å². The zero-order valence-corrected chi connectivity index (χ0v) is 26.2. The highest BCUT2D eigenvalue weighted by Crippen LogP contribution is 2.16. The van der Waals surface area contributed by atoms with E-state index >= 15 is 0 Å². The first kappa shape index (κ1) is 34.2. The van der Waals surface area contributed by atoms with Gasteiger partial charge in [0.2, 0.25) is 0 Å². The number of imidazole rings is 1. The molecule has 0 aliphatic carbocycles. The van der Waals surface area contributed by atoms with Gasteiger partial charge in [-0.25, -0.2) is 9.13 Å². The number of hydrogen-bond donors (Lipinski definition) is 0. The van der Waals surface area contributed by atoms with Crippen LogP contribution in [0, 0.1) is 0 Å². The third kappa shape index (κ3) is 19.0. The summed E-state index contributed by atoms with van der Waals surface area (Å²) < 4.78 is 5.12. The van der Waals surface area contributed by atoms with Gasteiger partial charge in [0.05, 0.1) is 19.0 Å². The maximum atomic E-state index is 2.56. The van der Waals surface area contributed by atoms with Crippen LogP contribution in [0.2, 0.25) is 0 Å². The quantitative estimate of drug-likeness (QED) is 0.0771. The fourth-order valence-electron chi connectivity index (χ4n) is 5.94. The molecule has 1 rings (SSSR count). The molecular formula is C35H69N2+. The third-order valence-corrected chi connectivity index (χ3v) is 8.29. The molecule has 0 aromatic carbocycles. The molecule has 0 saturated carbocycles. The first-order valence-electron chi connectivity index (χ1n) is 17.3. The van der Waals surface area contributed by atoms with Crippen molar-refractivity contribution in [3.63, 3.8) is 0 Å². The number of aromatic nitrogens is 2. The van der Waals surface area contributed by atoms with Gasteiger partial charge in [0, 0.05) is 0 Å². The molecule has 0 amide bonds. The van der Waals surface area contributed by atoms with Crippen molar-refractivity contribution in [1.82, 2.24) is 4.57 Å². The Morgan fingerprint density at radius 3 is 1.24 bits per heavy atom. The van der Waals surface area contributed by atoms with Crippen molar-refractivity contribution in [1.29, 1.82) is 0 Å². The summed E-state index contributed by atoms with van der Waals surface area (Å²) in [6, 6.07) is 0. The van der Waals surface area contributed by atoms with Crippen LogP contribution >= 0.6 is 0 Å². The summed E-state index contributed by atoms with van der Waals surface area (Å²) in [5.41, 5.74) is 0. The molecule has 0 fully saturated rings. The Balaban J connectivity index is 2.05. The van der Waals surface area contributed by atoms with Gasteiger partial charge in [-0.1, -0.05) is 163 Å². The first-order valence-corrected chi connectivity index (χ1v) is 17.3. The average molecular weight is 518 g/mol. The Hall–Kier alpha value is -0.790. The molecule has 2 heteroatoms. The molecule has 1 heterocycles. The molecule has 1 aromatic heterocycles. The van der Waals surface area contributed by atoms with Gasteiger partial charge in [0.1, 0.15) is 12.4 Å². The predicted molar refractivity (Wildman–Crippen MR) is 165 cm³/mol. The number of unbranched alkanes of at least 4 members (excludes halogenated alkanes) is 23. The van der Waals surface area contributed by atoms with Gasteiger partial charge in [-0.05, 0) is 25.7 Å². The minimum atomic E-state index is 0.606. The zero-order valence-electron chi connectivity index (χ0n) is 26.2. The number of rotatable bonds is 28. The molecule has 0 aliphatic heterocycles. The van der Waals surface area contributed by atoms with Crippen molar-refractivity contribution in [2.75, 3.05) is 0 Å². The van der Waals surface area contributed by atoms with Crippen LogP contribution in [0.1, 0.15) is 200 Å². The highest BCUT2D eigenvalue weighted by molar-refractivity contribution is 4.89. The van der Waals surface area contributed by atoms with E-state index in [4.69, 9.17) is 0 Å². The van der Waals surface area contributed by atoms with Crippen LogP contribution in [0.3, 0.4) is 0 Å². The fraction of sp³-hybridized carbons (Fsp3) is 0.914. The summed E-state index contributed by atoms with van der Waals surface area (Å²) >= 11 is 0. The maximum Gasteiger partial charge on any atom is 0.258 e. The van der Waals surface area contributed by atoms with Crippen molar-refractivity contribution >= 4 is 0 Å². The van der Waals surface area contributed by atoms with Gasteiger partial charge < -0.3 is 0 Å². The SMILES string of the molecule is CCCCCCCCCCCCCCCCn1cc[n+](CCCCCCCCCCCCC)c1C(C)C. The Morgan fingerprint density at radius 2 is 0.865 bits per heavy atom. The third-order valence-electron chi connectivity index (χ3n) is 8.29. The maximum absolute atomic E-state index is 2.56. The molecule has 2 nitrogen and oxygen atoms in total. The van der Waals surface area contributed by atoms with Crippen molar-refractivity contribution in [2.45, 2.75) is 207 Å². The van der Waals surface area contributed by atoms with Crippen LogP contribution in [-0.4, -0.2) is 4.57 Å². The molecule has 0 aliphatic rings. The standard InChI is InChI=1S/C35H69N2/c1-5-7-9-11-13-15-17-18-19-21-23-25-27-29-31-37-33-32-36(35(37)34(3)4)30-28-26-24-22-20-16-14-12-10-8-6-2/h32-34H,5-31H2,1-4H3/q+1. The Bertz CT molecular complexity index is 588. The summed E-state index contributed by atoms with van der Waals surface area (Å²) in [7, 11) is 0. The van der Waals surface area contributed by atoms with E-state index in [1.807, 2.05) is 0 Å². The van der Waals surface area contributed by atoms with Crippen molar-refractivity contribution < 1.29 is 4.57 Å². The topological polar surface area (TPSA) is 8.81 Å². The number of aryl methyl sites for hydroxylation is 2. The summed E-state index contributed by atoms with van der Waals surface area (Å²) in [4.78, 5) is 0. The molecule has 37 heavy (non-hydrogen) atoms. The minimum Gasteiger partial charge on any atom is -0.234 e. The van der Waals surface area contributed by atoms with Gasteiger partial charge >= 0.3 is 0 Å². The lowest BCUT2D eigenvalue weighted by Gasteiger charge is -2.08. The summed E-state index contributed by atoms with van der Waals surface area (Å²) in [6.45, 7) is 11.8. The van der Waals surface area contributed by atoms with Crippen molar-refractivity contribution in [3.8, 4) is 0 Å². The van der Waals surface area contributed by atoms with Gasteiger partial charge in [-0.3, -0.25) is 0 Å². The second kappa shape index (κ2) is 25.5. The molecule has 218 valence electrons. The minimum absolute atomic E-state index is 0.606. The molecule has 0 N–H and O–H groups in total. The van der Waals surface area contributed by atoms with Crippen LogP contribution in [0.5, 0.6) is 0 Å². The summed E-state index contributed by atoms with van der Waals surface area (Å²) in [5.74, 6) is 2.15. The molecule has 0 spiro atoms.